The Kier molecular flexibility index (Phi) is 60.4. The van der Waals surface area contributed by atoms with Gasteiger partial charge in [-0.3, -0.25) is 0 Å². The van der Waals surface area contributed by atoms with Crippen LogP contribution < -0.4 is 37.2 Å². The van der Waals surface area contributed by atoms with E-state index in [0.29, 0.717) is 0 Å². The van der Waals surface area contributed by atoms with Gasteiger partial charge in [-0.05, 0) is 0 Å². The average molecular weight is 267 g/mol. The first-order valence-corrected chi connectivity index (χ1v) is 5.44. The van der Waals surface area contributed by atoms with Crippen molar-refractivity contribution in [2.75, 3.05) is 0 Å². The van der Waals surface area contributed by atoms with Crippen molar-refractivity contribution in [2.24, 2.45) is 0 Å². The maximum atomic E-state index is 2.42. The zero-order chi connectivity index (χ0) is 5.70. The Hall–Kier alpha value is 2.12. The molecule has 0 rings (SSSR count). The molecule has 0 aromatic heterocycles. The minimum absolute atomic E-state index is 0. The quantitative estimate of drug-likeness (QED) is 0.352. The van der Waals surface area contributed by atoms with Crippen molar-refractivity contribution in [3.8, 4) is 0 Å². The Bertz CT molecular complexity index is 39.3. The number of hydrogen-bond donors (Lipinski definition) is 0. The van der Waals surface area contributed by atoms with Gasteiger partial charge in [0.2, 0.25) is 0 Å². The van der Waals surface area contributed by atoms with Gasteiger partial charge < -0.3 is 42.5 Å². The molecule has 0 unspecified atom stereocenters. The zero-order valence-corrected chi connectivity index (χ0v) is 12.2. The van der Waals surface area contributed by atoms with Crippen LogP contribution in [-0.4, -0.2) is 14.1 Å². The van der Waals surface area contributed by atoms with Crippen LogP contribution in [0.4, 0.5) is 0 Å². The monoisotopic (exact) mass is 266 g/mol. The molecule has 0 heterocycles. The fraction of sp³-hybridized carbons (Fsp3) is 0.833. The van der Waals surface area contributed by atoms with Crippen molar-refractivity contribution >= 4 is 14.1 Å². The van der Waals surface area contributed by atoms with Crippen molar-refractivity contribution in [1.82, 2.24) is 0 Å². The first-order valence-electron chi connectivity index (χ1n) is 3.14. The third kappa shape index (κ3) is 18.8. The molecule has 0 bridgehead atoms. The minimum Gasteiger partial charge on any atom is -1.00 e. The van der Waals surface area contributed by atoms with Crippen LogP contribution in [0.25, 0.3) is 0 Å². The van der Waals surface area contributed by atoms with Crippen LogP contribution in [0.1, 0.15) is 20.8 Å². The molecule has 0 aliphatic rings. The second kappa shape index (κ2) is 22.7. The van der Waals surface area contributed by atoms with Gasteiger partial charge in [-0.1, -0.05) is 13.8 Å². The van der Waals surface area contributed by atoms with E-state index in [1.54, 1.807) is 0 Å². The second-order valence-electron chi connectivity index (χ2n) is 1.91. The number of rotatable bonds is 3. The molecular formula is C6H14AlCl3Ti-4. The summed E-state index contributed by atoms with van der Waals surface area (Å²) in [6.07, 6.45) is 0. The molecule has 0 N–H and O–H groups in total. The minimum atomic E-state index is -0.296. The van der Waals surface area contributed by atoms with Crippen LogP contribution in [0.3, 0.4) is 0 Å². The zero-order valence-electron chi connectivity index (χ0n) is 7.20. The van der Waals surface area contributed by atoms with Crippen molar-refractivity contribution in [2.45, 2.75) is 31.3 Å². The Labute approximate surface area is 109 Å². The Balaban J connectivity index is -0.0000000300. The first kappa shape index (κ1) is 29.2. The molecule has 0 amide bonds. The molecule has 5 heteroatoms. The molecule has 0 aliphatic carbocycles. The van der Waals surface area contributed by atoms with Gasteiger partial charge in [0.05, 0.1) is 14.1 Å². The maximum absolute atomic E-state index is 2.42. The molecule has 0 fully saturated rings. The normalized spacial score (nSPS) is 5.73. The largest absolute Gasteiger partial charge is 1.00 e. The summed E-state index contributed by atoms with van der Waals surface area (Å²) < 4.78 is 0. The molecule has 0 radical (unpaired) electrons. The van der Waals surface area contributed by atoms with Crippen LogP contribution in [-0.2, 0) is 21.7 Å². The summed E-state index contributed by atoms with van der Waals surface area (Å²) in [6, 6.07) is 0. The molecule has 70 valence electrons. The topological polar surface area (TPSA) is 0 Å². The van der Waals surface area contributed by atoms with Gasteiger partial charge in [-0.2, -0.15) is 6.92 Å². The van der Waals surface area contributed by atoms with Gasteiger partial charge in [0.15, 0.2) is 0 Å². The maximum Gasteiger partial charge on any atom is 0.0688 e. The van der Waals surface area contributed by atoms with Crippen molar-refractivity contribution in [1.29, 1.82) is 0 Å². The fourth-order valence-electron chi connectivity index (χ4n) is 0.760. The predicted molar refractivity (Wildman–Crippen MR) is 36.7 cm³/mol. The van der Waals surface area contributed by atoms with Crippen LogP contribution in [0.5, 0.6) is 0 Å². The van der Waals surface area contributed by atoms with Crippen molar-refractivity contribution in [3.05, 3.63) is 5.28 Å². The van der Waals surface area contributed by atoms with E-state index >= 15 is 0 Å². The molecule has 0 nitrogen and oxygen atoms in total. The van der Waals surface area contributed by atoms with E-state index in [1.165, 1.54) is 10.6 Å². The number of halogens is 3. The summed E-state index contributed by atoms with van der Waals surface area (Å²) in [5.41, 5.74) is 0. The number of hydrogen-bond acceptors (Lipinski definition) is 0. The van der Waals surface area contributed by atoms with E-state index in [1.807, 2.05) is 0 Å². The smallest absolute Gasteiger partial charge is 0.0688 e. The molecular weight excluding hydrogens is 253 g/mol. The van der Waals surface area contributed by atoms with E-state index in [-0.39, 0.29) is 73.1 Å². The summed E-state index contributed by atoms with van der Waals surface area (Å²) in [7, 11) is 0. The van der Waals surface area contributed by atoms with Gasteiger partial charge in [0.25, 0.3) is 0 Å². The average Bonchev–Trinajstić information content (AvgIpc) is 1.72. The summed E-state index contributed by atoms with van der Waals surface area (Å²) in [4.78, 5) is 0. The molecule has 0 spiro atoms. The van der Waals surface area contributed by atoms with E-state index in [2.05, 4.69) is 26.1 Å². The Morgan fingerprint density at radius 1 is 1.00 bits per heavy atom. The van der Waals surface area contributed by atoms with E-state index in [0.717, 1.165) is 0 Å². The molecule has 0 aromatic rings. The first-order chi connectivity index (χ1) is 3.35. The van der Waals surface area contributed by atoms with E-state index < -0.39 is 0 Å². The second-order valence-corrected chi connectivity index (χ2v) is 5.73. The van der Waals surface area contributed by atoms with Gasteiger partial charge in [0, 0.05) is 21.7 Å². The van der Waals surface area contributed by atoms with Crippen LogP contribution >= 0.6 is 0 Å². The van der Waals surface area contributed by atoms with Crippen LogP contribution in [0, 0.1) is 5.28 Å². The predicted octanol–water partition coefficient (Wildman–Crippen LogP) is -6.71. The van der Waals surface area contributed by atoms with Gasteiger partial charge in [-0.25, -0.2) is 0 Å². The standard InChI is InChI=1S/2C2H5.C2H4.Al.3ClH.Ti/c3*1-2;;;;;/h2*1H2,2H3;1H,2H3;;3*1H;/q;;-1;;;;;/p-3. The van der Waals surface area contributed by atoms with Gasteiger partial charge in [-0.15, -0.1) is 10.6 Å². The van der Waals surface area contributed by atoms with Crippen molar-refractivity contribution in [3.63, 3.8) is 0 Å². The molecule has 0 aliphatic heterocycles. The SMILES string of the molecule is C[CH-][Al]([CH2]C)[CH2]C.[Cl-].[Cl-].[Cl-].[Ti]. The summed E-state index contributed by atoms with van der Waals surface area (Å²) in [5, 5.41) is 5.29. The van der Waals surface area contributed by atoms with Crippen LogP contribution in [0.2, 0.25) is 10.6 Å². The van der Waals surface area contributed by atoms with E-state index in [4.69, 9.17) is 0 Å². The third-order valence-corrected chi connectivity index (χ3v) is 4.56. The van der Waals surface area contributed by atoms with Crippen LogP contribution in [0.15, 0.2) is 0 Å². The molecule has 0 saturated heterocycles. The summed E-state index contributed by atoms with van der Waals surface area (Å²) >= 11 is -0.296. The van der Waals surface area contributed by atoms with E-state index in [9.17, 15) is 0 Å². The van der Waals surface area contributed by atoms with Gasteiger partial charge in [0.1, 0.15) is 0 Å². The summed E-state index contributed by atoms with van der Waals surface area (Å²) in [5.74, 6) is 0. The Morgan fingerprint density at radius 2 is 1.27 bits per heavy atom. The molecule has 0 atom stereocenters. The molecule has 11 heavy (non-hydrogen) atoms. The fourth-order valence-corrected chi connectivity index (χ4v) is 2.28. The Morgan fingerprint density at radius 3 is 1.27 bits per heavy atom. The summed E-state index contributed by atoms with van der Waals surface area (Å²) in [6.45, 7) is 6.78. The van der Waals surface area contributed by atoms with Crippen molar-refractivity contribution < 1.29 is 58.9 Å². The third-order valence-electron chi connectivity index (χ3n) is 1.52. The molecule has 0 aromatic carbocycles. The molecule has 0 saturated carbocycles. The van der Waals surface area contributed by atoms with Gasteiger partial charge >= 0.3 is 0 Å².